The number of carbonyl (C=O) groups excluding carboxylic acids is 1. The largest absolute Gasteiger partial charge is 0.481 e. The minimum absolute atomic E-state index is 0.149. The molecular weight excluding hydrogens is 390 g/mol. The van der Waals surface area contributed by atoms with Crippen LogP contribution in [0.4, 0.5) is 0 Å². The Morgan fingerprint density at radius 1 is 1.17 bits per heavy atom. The van der Waals surface area contributed by atoms with E-state index in [1.165, 1.54) is 10.5 Å². The predicted octanol–water partition coefficient (Wildman–Crippen LogP) is 4.77. The summed E-state index contributed by atoms with van der Waals surface area (Å²) in [6.07, 6.45) is 0.922. The quantitative estimate of drug-likeness (QED) is 0.532. The van der Waals surface area contributed by atoms with E-state index in [2.05, 4.69) is 17.1 Å². The standard InChI is InChI=1S/C22H24ClN3O3/c1-4-15-10-12-16(13-11-15)28-19(5-2)22(27)26(3)14-20-24-21(25-29-20)17-8-6-7-9-18(17)23/h6-13,19H,4-5,14H2,1-3H3/t19-/m0/s1. The van der Waals surface area contributed by atoms with Gasteiger partial charge >= 0.3 is 0 Å². The number of likely N-dealkylation sites (N-methyl/N-ethyl adjacent to an activating group) is 1. The molecule has 1 heterocycles. The minimum atomic E-state index is -0.585. The van der Waals surface area contributed by atoms with Crippen molar-refractivity contribution in [1.29, 1.82) is 0 Å². The van der Waals surface area contributed by atoms with E-state index in [4.69, 9.17) is 20.9 Å². The van der Waals surface area contributed by atoms with Crippen LogP contribution in [0.25, 0.3) is 11.4 Å². The molecule has 0 aliphatic heterocycles. The fourth-order valence-corrected chi connectivity index (χ4v) is 3.09. The topological polar surface area (TPSA) is 68.5 Å². The van der Waals surface area contributed by atoms with Crippen LogP contribution in [0.1, 0.15) is 31.7 Å². The van der Waals surface area contributed by atoms with E-state index >= 15 is 0 Å². The number of benzene rings is 2. The van der Waals surface area contributed by atoms with Gasteiger partial charge in [0.1, 0.15) is 5.75 Å². The third-order valence-electron chi connectivity index (χ3n) is 4.59. The van der Waals surface area contributed by atoms with Crippen molar-refractivity contribution in [2.45, 2.75) is 39.3 Å². The normalized spacial score (nSPS) is 11.9. The van der Waals surface area contributed by atoms with Gasteiger partial charge in [-0.1, -0.05) is 54.9 Å². The second-order valence-electron chi connectivity index (χ2n) is 6.70. The number of halogens is 1. The second-order valence-corrected chi connectivity index (χ2v) is 7.11. The van der Waals surface area contributed by atoms with Gasteiger partial charge in [0.25, 0.3) is 5.91 Å². The van der Waals surface area contributed by atoms with E-state index in [1.807, 2.05) is 49.4 Å². The zero-order valence-electron chi connectivity index (χ0n) is 16.8. The summed E-state index contributed by atoms with van der Waals surface area (Å²) in [5.41, 5.74) is 1.91. The first-order valence-electron chi connectivity index (χ1n) is 9.59. The molecule has 0 saturated heterocycles. The second kappa shape index (κ2) is 9.56. The lowest BCUT2D eigenvalue weighted by Crippen LogP contribution is -2.39. The fraction of sp³-hybridized carbons (Fsp3) is 0.318. The molecular formula is C22H24ClN3O3. The van der Waals surface area contributed by atoms with Gasteiger partial charge in [-0.25, -0.2) is 0 Å². The van der Waals surface area contributed by atoms with Crippen molar-refractivity contribution in [3.05, 3.63) is 65.0 Å². The van der Waals surface area contributed by atoms with Crippen LogP contribution >= 0.6 is 11.6 Å². The molecule has 0 radical (unpaired) electrons. The molecule has 0 saturated carbocycles. The van der Waals surface area contributed by atoms with Crippen molar-refractivity contribution < 1.29 is 14.1 Å². The number of nitrogens with zero attached hydrogens (tertiary/aromatic N) is 3. The first-order valence-corrected chi connectivity index (χ1v) is 9.97. The summed E-state index contributed by atoms with van der Waals surface area (Å²) in [7, 11) is 1.69. The van der Waals surface area contributed by atoms with Gasteiger partial charge in [0.15, 0.2) is 6.10 Å². The molecule has 0 aliphatic rings. The predicted molar refractivity (Wildman–Crippen MR) is 112 cm³/mol. The molecule has 1 aromatic heterocycles. The zero-order chi connectivity index (χ0) is 20.8. The smallest absolute Gasteiger partial charge is 0.263 e. The molecule has 3 aromatic rings. The van der Waals surface area contributed by atoms with Crippen molar-refractivity contribution in [2.24, 2.45) is 0 Å². The molecule has 0 aliphatic carbocycles. The van der Waals surface area contributed by atoms with Gasteiger partial charge in [-0.05, 0) is 42.7 Å². The Labute approximate surface area is 175 Å². The maximum Gasteiger partial charge on any atom is 0.263 e. The highest BCUT2D eigenvalue weighted by atomic mass is 35.5. The van der Waals surface area contributed by atoms with Gasteiger partial charge in [0, 0.05) is 12.6 Å². The average Bonchev–Trinajstić information content (AvgIpc) is 3.20. The van der Waals surface area contributed by atoms with Gasteiger partial charge < -0.3 is 14.2 Å². The molecule has 0 spiro atoms. The summed E-state index contributed by atoms with van der Waals surface area (Å²) >= 11 is 6.18. The highest BCUT2D eigenvalue weighted by Crippen LogP contribution is 2.25. The Bertz CT molecular complexity index is 956. The van der Waals surface area contributed by atoms with Gasteiger partial charge in [0.05, 0.1) is 11.6 Å². The van der Waals surface area contributed by atoms with Crippen LogP contribution < -0.4 is 4.74 Å². The first-order chi connectivity index (χ1) is 14.0. The number of amides is 1. The van der Waals surface area contributed by atoms with Gasteiger partial charge in [-0.15, -0.1) is 0 Å². The SMILES string of the molecule is CCc1ccc(O[C@@H](CC)C(=O)N(C)Cc2nc(-c3ccccc3Cl)no2)cc1. The van der Waals surface area contributed by atoms with Crippen LogP contribution in [0.2, 0.25) is 5.02 Å². The van der Waals surface area contributed by atoms with Crippen LogP contribution in [-0.2, 0) is 17.8 Å². The summed E-state index contributed by atoms with van der Waals surface area (Å²) in [4.78, 5) is 18.7. The molecule has 1 atom stereocenters. The highest BCUT2D eigenvalue weighted by molar-refractivity contribution is 6.33. The summed E-state index contributed by atoms with van der Waals surface area (Å²) < 4.78 is 11.2. The summed E-state index contributed by atoms with van der Waals surface area (Å²) in [6.45, 7) is 4.20. The molecule has 0 N–H and O–H groups in total. The molecule has 7 heteroatoms. The Kier molecular flexibility index (Phi) is 6.88. The molecule has 3 rings (SSSR count). The third kappa shape index (κ3) is 5.15. The van der Waals surface area contributed by atoms with E-state index in [-0.39, 0.29) is 12.5 Å². The molecule has 0 unspecified atom stereocenters. The lowest BCUT2D eigenvalue weighted by molar-refractivity contribution is -0.138. The summed E-state index contributed by atoms with van der Waals surface area (Å²) in [6, 6.07) is 15.1. The maximum atomic E-state index is 12.8. The Morgan fingerprint density at radius 2 is 1.90 bits per heavy atom. The van der Waals surface area contributed by atoms with Crippen molar-refractivity contribution >= 4 is 17.5 Å². The van der Waals surface area contributed by atoms with Crippen molar-refractivity contribution in [3.63, 3.8) is 0 Å². The van der Waals surface area contributed by atoms with E-state index in [1.54, 1.807) is 13.1 Å². The number of carbonyl (C=O) groups is 1. The molecule has 0 bridgehead atoms. The van der Waals surface area contributed by atoms with Crippen molar-refractivity contribution in [3.8, 4) is 17.1 Å². The Hall–Kier alpha value is -2.86. The zero-order valence-corrected chi connectivity index (χ0v) is 17.5. The minimum Gasteiger partial charge on any atom is -0.481 e. The van der Waals surface area contributed by atoms with Crippen LogP contribution in [0.3, 0.4) is 0 Å². The van der Waals surface area contributed by atoms with Crippen LogP contribution in [0.5, 0.6) is 5.75 Å². The lowest BCUT2D eigenvalue weighted by Gasteiger charge is -2.22. The van der Waals surface area contributed by atoms with E-state index in [0.29, 0.717) is 34.5 Å². The maximum absolute atomic E-state index is 12.8. The summed E-state index contributed by atoms with van der Waals surface area (Å²) in [5, 5.41) is 4.51. The van der Waals surface area contributed by atoms with Gasteiger partial charge in [0.2, 0.25) is 11.7 Å². The number of ether oxygens (including phenoxy) is 1. The molecule has 29 heavy (non-hydrogen) atoms. The molecule has 152 valence electrons. The monoisotopic (exact) mass is 413 g/mol. The fourth-order valence-electron chi connectivity index (χ4n) is 2.87. The highest BCUT2D eigenvalue weighted by Gasteiger charge is 2.24. The van der Waals surface area contributed by atoms with E-state index < -0.39 is 6.10 Å². The van der Waals surface area contributed by atoms with Gasteiger partial charge in [-0.2, -0.15) is 4.98 Å². The van der Waals surface area contributed by atoms with E-state index in [0.717, 1.165) is 6.42 Å². The Morgan fingerprint density at radius 3 is 2.55 bits per heavy atom. The molecule has 0 fully saturated rings. The molecule has 6 nitrogen and oxygen atoms in total. The molecule has 1 amide bonds. The first kappa shape index (κ1) is 20.9. The van der Waals surface area contributed by atoms with E-state index in [9.17, 15) is 4.79 Å². The van der Waals surface area contributed by atoms with Crippen molar-refractivity contribution in [1.82, 2.24) is 15.0 Å². The van der Waals surface area contributed by atoms with Crippen LogP contribution in [0.15, 0.2) is 53.1 Å². The van der Waals surface area contributed by atoms with Crippen LogP contribution in [0, 0.1) is 0 Å². The Balaban J connectivity index is 1.65. The molecule has 2 aromatic carbocycles. The number of aromatic nitrogens is 2. The number of hydrogen-bond acceptors (Lipinski definition) is 5. The number of aryl methyl sites for hydroxylation is 1. The third-order valence-corrected chi connectivity index (χ3v) is 4.92. The number of hydrogen-bond donors (Lipinski definition) is 0. The average molecular weight is 414 g/mol. The summed E-state index contributed by atoms with van der Waals surface area (Å²) in [5.74, 6) is 1.25. The van der Waals surface area contributed by atoms with Crippen molar-refractivity contribution in [2.75, 3.05) is 7.05 Å². The van der Waals surface area contributed by atoms with Gasteiger partial charge in [-0.3, -0.25) is 4.79 Å². The van der Waals surface area contributed by atoms with Crippen LogP contribution in [-0.4, -0.2) is 34.1 Å². The number of rotatable bonds is 8. The lowest BCUT2D eigenvalue weighted by atomic mass is 10.1.